The summed E-state index contributed by atoms with van der Waals surface area (Å²) in [6, 6.07) is 10.7. The van der Waals surface area contributed by atoms with Gasteiger partial charge in [0.2, 0.25) is 0 Å². The molecule has 0 spiro atoms. The summed E-state index contributed by atoms with van der Waals surface area (Å²) in [6.45, 7) is 0. The first-order chi connectivity index (χ1) is 10.4. The second-order valence-electron chi connectivity index (χ2n) is 4.71. The molecule has 0 aliphatic carbocycles. The monoisotopic (exact) mass is 308 g/mol. The Hall–Kier alpha value is -2.63. The molecular weight excluding hydrogens is 297 g/mol. The quantitative estimate of drug-likeness (QED) is 0.891. The zero-order chi connectivity index (χ0) is 15.7. The minimum Gasteiger partial charge on any atom is -0.508 e. The highest BCUT2D eigenvalue weighted by atomic mass is 19.4. The lowest BCUT2D eigenvalue weighted by atomic mass is 10.0. The van der Waals surface area contributed by atoms with Gasteiger partial charge in [0.1, 0.15) is 23.4 Å². The molecule has 1 N–H and O–H groups in total. The molecule has 1 aliphatic rings. The van der Waals surface area contributed by atoms with Gasteiger partial charge in [-0.2, -0.15) is 0 Å². The van der Waals surface area contributed by atoms with E-state index in [1.54, 1.807) is 24.3 Å². The molecule has 0 radical (unpaired) electrons. The van der Waals surface area contributed by atoms with Crippen molar-refractivity contribution < 1.29 is 27.8 Å². The molecule has 1 atom stereocenters. The fraction of sp³-hybridized carbons (Fsp3) is 0.125. The van der Waals surface area contributed by atoms with Gasteiger partial charge in [-0.15, -0.1) is 13.2 Å². The van der Waals surface area contributed by atoms with Gasteiger partial charge in [0.25, 0.3) is 0 Å². The van der Waals surface area contributed by atoms with E-state index in [9.17, 15) is 18.3 Å². The van der Waals surface area contributed by atoms with Crippen molar-refractivity contribution in [1.82, 2.24) is 0 Å². The van der Waals surface area contributed by atoms with E-state index in [1.807, 2.05) is 12.1 Å². The summed E-state index contributed by atoms with van der Waals surface area (Å²) in [7, 11) is 0. The van der Waals surface area contributed by atoms with Gasteiger partial charge in [-0.25, -0.2) is 0 Å². The molecule has 1 unspecified atom stereocenters. The maximum Gasteiger partial charge on any atom is 0.573 e. The van der Waals surface area contributed by atoms with Crippen molar-refractivity contribution in [3.05, 3.63) is 59.7 Å². The SMILES string of the molecule is Oc1ccc(C2C=Cc3ccccc3O2)c(OC(F)(F)F)c1. The predicted octanol–water partition coefficient (Wildman–Crippen LogP) is 4.44. The van der Waals surface area contributed by atoms with Gasteiger partial charge in [0.15, 0.2) is 0 Å². The number of hydrogen-bond acceptors (Lipinski definition) is 3. The summed E-state index contributed by atoms with van der Waals surface area (Å²) in [6.07, 6.45) is -2.17. The third-order valence-corrected chi connectivity index (χ3v) is 3.15. The zero-order valence-electron chi connectivity index (χ0n) is 11.2. The molecule has 2 aromatic rings. The molecule has 6 heteroatoms. The maximum atomic E-state index is 12.5. The molecule has 114 valence electrons. The van der Waals surface area contributed by atoms with E-state index in [-0.39, 0.29) is 11.3 Å². The zero-order valence-corrected chi connectivity index (χ0v) is 11.2. The molecule has 0 saturated heterocycles. The van der Waals surface area contributed by atoms with E-state index in [0.717, 1.165) is 11.6 Å². The van der Waals surface area contributed by atoms with Crippen LogP contribution < -0.4 is 9.47 Å². The first-order valence-corrected chi connectivity index (χ1v) is 6.45. The maximum absolute atomic E-state index is 12.5. The van der Waals surface area contributed by atoms with E-state index in [2.05, 4.69) is 4.74 Å². The second-order valence-corrected chi connectivity index (χ2v) is 4.71. The molecule has 1 heterocycles. The first-order valence-electron chi connectivity index (χ1n) is 6.45. The van der Waals surface area contributed by atoms with Crippen LogP contribution in [0.3, 0.4) is 0 Å². The van der Waals surface area contributed by atoms with Crippen molar-refractivity contribution in [3.63, 3.8) is 0 Å². The van der Waals surface area contributed by atoms with Crippen molar-refractivity contribution in [1.29, 1.82) is 0 Å². The van der Waals surface area contributed by atoms with Crippen LogP contribution in [0.1, 0.15) is 17.2 Å². The first kappa shape index (κ1) is 14.3. The predicted molar refractivity (Wildman–Crippen MR) is 73.6 cm³/mol. The molecule has 0 fully saturated rings. The number of aromatic hydroxyl groups is 1. The Morgan fingerprint density at radius 3 is 2.64 bits per heavy atom. The fourth-order valence-corrected chi connectivity index (χ4v) is 2.23. The van der Waals surface area contributed by atoms with Crippen molar-refractivity contribution in [2.45, 2.75) is 12.5 Å². The number of hydrogen-bond donors (Lipinski definition) is 1. The molecule has 0 aromatic heterocycles. The van der Waals surface area contributed by atoms with Crippen LogP contribution in [0, 0.1) is 0 Å². The third-order valence-electron chi connectivity index (χ3n) is 3.15. The number of phenols is 1. The Labute approximate surface area is 124 Å². The number of halogens is 3. The molecule has 0 bridgehead atoms. The summed E-state index contributed by atoms with van der Waals surface area (Å²) >= 11 is 0. The smallest absolute Gasteiger partial charge is 0.508 e. The number of para-hydroxylation sites is 1. The Morgan fingerprint density at radius 2 is 1.86 bits per heavy atom. The highest BCUT2D eigenvalue weighted by molar-refractivity contribution is 5.61. The lowest BCUT2D eigenvalue weighted by Crippen LogP contribution is -2.19. The highest BCUT2D eigenvalue weighted by Crippen LogP contribution is 2.39. The van der Waals surface area contributed by atoms with Crippen molar-refractivity contribution in [2.24, 2.45) is 0 Å². The molecule has 3 nitrogen and oxygen atoms in total. The molecule has 3 rings (SSSR count). The molecular formula is C16H11F3O3. The Kier molecular flexibility index (Phi) is 3.44. The minimum atomic E-state index is -4.85. The lowest BCUT2D eigenvalue weighted by Gasteiger charge is -2.24. The fourth-order valence-electron chi connectivity index (χ4n) is 2.23. The number of rotatable bonds is 2. The molecule has 0 amide bonds. The standard InChI is InChI=1S/C16H11F3O3/c17-16(18,19)22-15-9-11(20)6-7-12(15)14-8-5-10-3-1-2-4-13(10)21-14/h1-9,14,20H. The third kappa shape index (κ3) is 3.00. The Morgan fingerprint density at radius 1 is 1.09 bits per heavy atom. The van der Waals surface area contributed by atoms with E-state index in [4.69, 9.17) is 4.74 Å². The van der Waals surface area contributed by atoms with Crippen molar-refractivity contribution >= 4 is 6.08 Å². The molecule has 2 aromatic carbocycles. The number of ether oxygens (including phenoxy) is 2. The number of benzene rings is 2. The molecule has 0 saturated carbocycles. The van der Waals surface area contributed by atoms with Gasteiger partial charge in [0.05, 0.1) is 0 Å². The summed E-state index contributed by atoms with van der Waals surface area (Å²) in [5.74, 6) is -0.231. The average Bonchev–Trinajstić information content (AvgIpc) is 2.45. The van der Waals surface area contributed by atoms with Crippen LogP contribution in [0.15, 0.2) is 48.5 Å². The van der Waals surface area contributed by atoms with Gasteiger partial charge in [0, 0.05) is 17.2 Å². The summed E-state index contributed by atoms with van der Waals surface area (Å²) in [5.41, 5.74) is 1.02. The van der Waals surface area contributed by atoms with Gasteiger partial charge in [-0.3, -0.25) is 0 Å². The van der Waals surface area contributed by atoms with Crippen LogP contribution in [0.2, 0.25) is 0 Å². The Bertz CT molecular complexity index is 723. The van der Waals surface area contributed by atoms with E-state index >= 15 is 0 Å². The highest BCUT2D eigenvalue weighted by Gasteiger charge is 2.33. The second kappa shape index (κ2) is 5.29. The van der Waals surface area contributed by atoms with Crippen LogP contribution >= 0.6 is 0 Å². The van der Waals surface area contributed by atoms with E-state index in [0.29, 0.717) is 5.75 Å². The number of phenolic OH excluding ortho intramolecular Hbond substituents is 1. The molecule has 1 aliphatic heterocycles. The van der Waals surface area contributed by atoms with Crippen LogP contribution in [-0.2, 0) is 0 Å². The van der Waals surface area contributed by atoms with Crippen molar-refractivity contribution in [2.75, 3.05) is 0 Å². The van der Waals surface area contributed by atoms with Crippen molar-refractivity contribution in [3.8, 4) is 17.2 Å². The lowest BCUT2D eigenvalue weighted by molar-refractivity contribution is -0.275. The van der Waals surface area contributed by atoms with E-state index in [1.165, 1.54) is 12.1 Å². The van der Waals surface area contributed by atoms with Gasteiger partial charge in [-0.05, 0) is 24.3 Å². The Balaban J connectivity index is 1.96. The topological polar surface area (TPSA) is 38.7 Å². The normalized spacial score (nSPS) is 16.8. The summed E-state index contributed by atoms with van der Waals surface area (Å²) < 4.78 is 47.2. The molecule has 22 heavy (non-hydrogen) atoms. The van der Waals surface area contributed by atoms with Crippen LogP contribution in [0.4, 0.5) is 13.2 Å². The number of fused-ring (bicyclic) bond motifs is 1. The largest absolute Gasteiger partial charge is 0.573 e. The average molecular weight is 308 g/mol. The van der Waals surface area contributed by atoms with Gasteiger partial charge in [-0.1, -0.05) is 24.3 Å². The minimum absolute atomic E-state index is 0.181. The summed E-state index contributed by atoms with van der Waals surface area (Å²) in [4.78, 5) is 0. The number of alkyl halides is 3. The van der Waals surface area contributed by atoms with Crippen LogP contribution in [-0.4, -0.2) is 11.5 Å². The summed E-state index contributed by atoms with van der Waals surface area (Å²) in [5, 5.41) is 9.38. The van der Waals surface area contributed by atoms with Gasteiger partial charge >= 0.3 is 6.36 Å². The van der Waals surface area contributed by atoms with E-state index < -0.39 is 18.2 Å². The van der Waals surface area contributed by atoms with Gasteiger partial charge < -0.3 is 14.6 Å². The van der Waals surface area contributed by atoms with Crippen LogP contribution in [0.25, 0.3) is 6.08 Å². The van der Waals surface area contributed by atoms with Crippen LogP contribution in [0.5, 0.6) is 17.2 Å².